The minimum absolute atomic E-state index is 0.00350. The van der Waals surface area contributed by atoms with Crippen molar-refractivity contribution in [2.24, 2.45) is 5.41 Å². The Morgan fingerprint density at radius 1 is 1.43 bits per heavy atom. The third-order valence-electron chi connectivity index (χ3n) is 5.90. The number of ketones is 1. The zero-order valence-corrected chi connectivity index (χ0v) is 17.0. The van der Waals surface area contributed by atoms with Crippen molar-refractivity contribution in [1.82, 2.24) is 9.88 Å². The molecule has 2 aliphatic rings. The molecule has 0 saturated carbocycles. The summed E-state index contributed by atoms with van der Waals surface area (Å²) in [4.78, 5) is 38.3. The summed E-state index contributed by atoms with van der Waals surface area (Å²) in [7, 11) is 0. The first-order valence-electron chi connectivity index (χ1n) is 9.57. The van der Waals surface area contributed by atoms with E-state index in [1.54, 1.807) is 6.92 Å². The number of aromatic hydroxyl groups is 1. The van der Waals surface area contributed by atoms with Crippen molar-refractivity contribution in [1.29, 1.82) is 0 Å². The summed E-state index contributed by atoms with van der Waals surface area (Å²) in [6, 6.07) is 4.00. The molecule has 7 nitrogen and oxygen atoms in total. The van der Waals surface area contributed by atoms with Crippen LogP contribution in [0.5, 0.6) is 5.75 Å². The third kappa shape index (κ3) is 3.30. The molecule has 0 bridgehead atoms. The number of carbonyl (C=O) groups is 2. The largest absolute Gasteiger partial charge is 0.503 e. The van der Waals surface area contributed by atoms with Gasteiger partial charge in [0.25, 0.3) is 5.91 Å². The molecule has 0 radical (unpaired) electrons. The van der Waals surface area contributed by atoms with Crippen LogP contribution in [0.2, 0.25) is 5.02 Å². The maximum absolute atomic E-state index is 13.3. The Labute approximate surface area is 176 Å². The average Bonchev–Trinajstić information content (AvgIpc) is 2.72. The summed E-state index contributed by atoms with van der Waals surface area (Å²) in [6.07, 6.45) is 2.20. The molecule has 30 heavy (non-hydrogen) atoms. The number of amides is 1. The van der Waals surface area contributed by atoms with Crippen LogP contribution in [0.15, 0.2) is 29.2 Å². The maximum atomic E-state index is 13.3. The predicted molar refractivity (Wildman–Crippen MR) is 106 cm³/mol. The van der Waals surface area contributed by atoms with Crippen molar-refractivity contribution in [2.75, 3.05) is 6.61 Å². The first kappa shape index (κ1) is 20.6. The van der Waals surface area contributed by atoms with E-state index in [4.69, 9.17) is 16.3 Å². The lowest BCUT2D eigenvalue weighted by Crippen LogP contribution is -2.52. The van der Waals surface area contributed by atoms with Gasteiger partial charge in [-0.3, -0.25) is 14.4 Å². The first-order valence-corrected chi connectivity index (χ1v) is 9.95. The number of benzene rings is 1. The summed E-state index contributed by atoms with van der Waals surface area (Å²) in [5.74, 6) is -2.40. The Kier molecular flexibility index (Phi) is 5.15. The number of halogens is 2. The highest BCUT2D eigenvalue weighted by Gasteiger charge is 2.49. The van der Waals surface area contributed by atoms with Gasteiger partial charge >= 0.3 is 0 Å². The van der Waals surface area contributed by atoms with Crippen LogP contribution in [0.3, 0.4) is 0 Å². The summed E-state index contributed by atoms with van der Waals surface area (Å²) < 4.78 is 20.4. The predicted octanol–water partition coefficient (Wildman–Crippen LogP) is 2.66. The van der Waals surface area contributed by atoms with Gasteiger partial charge in [-0.05, 0) is 37.5 Å². The van der Waals surface area contributed by atoms with Crippen LogP contribution in [-0.2, 0) is 17.8 Å². The molecule has 0 aliphatic carbocycles. The van der Waals surface area contributed by atoms with Gasteiger partial charge in [0, 0.05) is 19.3 Å². The van der Waals surface area contributed by atoms with E-state index in [1.165, 1.54) is 29.0 Å². The minimum Gasteiger partial charge on any atom is -0.503 e. The lowest BCUT2D eigenvalue weighted by molar-refractivity contribution is -0.0740. The van der Waals surface area contributed by atoms with Crippen molar-refractivity contribution in [3.63, 3.8) is 0 Å². The van der Waals surface area contributed by atoms with E-state index in [9.17, 15) is 23.9 Å². The molecule has 1 aromatic heterocycles. The van der Waals surface area contributed by atoms with Gasteiger partial charge in [0.2, 0.25) is 5.43 Å². The summed E-state index contributed by atoms with van der Waals surface area (Å²) in [5.41, 5.74) is -1.57. The molecule has 0 unspecified atom stereocenters. The standard InChI is InChI=1S/C21H20ClFN2O5/c1-21-5-2-6-30-15(21)10-25-9-12(17(26)18(27)16(25)19(21)28)20(29)24-8-11-3-4-14(23)13(22)7-11/h3-4,7,9,15,27H,2,5-6,8,10H2,1H3,(H,24,29)/t15-,21-/m0/s1. The molecular weight excluding hydrogens is 415 g/mol. The van der Waals surface area contributed by atoms with Gasteiger partial charge in [-0.15, -0.1) is 0 Å². The van der Waals surface area contributed by atoms with Crippen LogP contribution in [0.25, 0.3) is 0 Å². The highest BCUT2D eigenvalue weighted by molar-refractivity contribution is 6.30. The zero-order chi connectivity index (χ0) is 21.6. The van der Waals surface area contributed by atoms with Crippen molar-refractivity contribution >= 4 is 23.3 Å². The second-order valence-corrected chi connectivity index (χ2v) is 8.27. The fourth-order valence-electron chi connectivity index (χ4n) is 4.09. The van der Waals surface area contributed by atoms with Gasteiger partial charge in [0.05, 0.1) is 23.1 Å². The highest BCUT2D eigenvalue weighted by Crippen LogP contribution is 2.42. The monoisotopic (exact) mass is 434 g/mol. The maximum Gasteiger partial charge on any atom is 0.257 e. The van der Waals surface area contributed by atoms with Gasteiger partial charge < -0.3 is 19.7 Å². The summed E-state index contributed by atoms with van der Waals surface area (Å²) in [5, 5.41) is 12.9. The number of aromatic nitrogens is 1. The number of nitrogens with zero attached hydrogens (tertiary/aromatic N) is 1. The Bertz CT molecular complexity index is 1120. The molecule has 158 valence electrons. The molecule has 2 aliphatic heterocycles. The molecule has 4 rings (SSSR count). The second-order valence-electron chi connectivity index (χ2n) is 7.86. The highest BCUT2D eigenvalue weighted by atomic mass is 35.5. The van der Waals surface area contributed by atoms with Gasteiger partial charge in [-0.1, -0.05) is 17.7 Å². The van der Waals surface area contributed by atoms with E-state index in [-0.39, 0.29) is 35.2 Å². The summed E-state index contributed by atoms with van der Waals surface area (Å²) in [6.45, 7) is 2.56. The number of ether oxygens (including phenoxy) is 1. The first-order chi connectivity index (χ1) is 14.2. The van der Waals surface area contributed by atoms with Gasteiger partial charge in [0.1, 0.15) is 17.1 Å². The van der Waals surface area contributed by atoms with E-state index in [0.29, 0.717) is 18.6 Å². The zero-order valence-electron chi connectivity index (χ0n) is 16.2. The fraction of sp³-hybridized carbons (Fsp3) is 0.381. The Balaban J connectivity index is 1.63. The normalized spacial score (nSPS) is 22.9. The van der Waals surface area contributed by atoms with E-state index < -0.39 is 34.4 Å². The molecule has 3 heterocycles. The fourth-order valence-corrected chi connectivity index (χ4v) is 4.30. The van der Waals surface area contributed by atoms with Crippen LogP contribution >= 0.6 is 11.6 Å². The second kappa shape index (κ2) is 7.52. The molecule has 2 aromatic rings. The van der Waals surface area contributed by atoms with Crippen LogP contribution in [0, 0.1) is 11.2 Å². The topological polar surface area (TPSA) is 97.6 Å². The van der Waals surface area contributed by atoms with Crippen molar-refractivity contribution in [3.05, 3.63) is 62.3 Å². The van der Waals surface area contributed by atoms with Crippen LogP contribution < -0.4 is 10.7 Å². The smallest absolute Gasteiger partial charge is 0.257 e. The number of pyridine rings is 1. The number of Topliss-reactive ketones (excluding diaryl/α,β-unsaturated/α-hetero) is 1. The lowest BCUT2D eigenvalue weighted by Gasteiger charge is -2.44. The summed E-state index contributed by atoms with van der Waals surface area (Å²) >= 11 is 5.73. The van der Waals surface area contributed by atoms with Crippen LogP contribution in [0.1, 0.15) is 46.2 Å². The third-order valence-corrected chi connectivity index (χ3v) is 6.19. The van der Waals surface area contributed by atoms with Gasteiger partial charge in [-0.2, -0.15) is 0 Å². The van der Waals surface area contributed by atoms with Crippen molar-refractivity contribution in [3.8, 4) is 5.75 Å². The average molecular weight is 435 g/mol. The molecular formula is C21H20ClFN2O5. The molecule has 2 atom stereocenters. The van der Waals surface area contributed by atoms with Crippen LogP contribution in [0.4, 0.5) is 4.39 Å². The van der Waals surface area contributed by atoms with Gasteiger partial charge in [-0.25, -0.2) is 4.39 Å². The molecule has 0 spiro atoms. The number of nitrogens with one attached hydrogen (secondary N) is 1. The molecule has 1 aromatic carbocycles. The quantitative estimate of drug-likeness (QED) is 0.774. The lowest BCUT2D eigenvalue weighted by atomic mass is 9.71. The Hall–Kier alpha value is -2.71. The van der Waals surface area contributed by atoms with Crippen molar-refractivity contribution < 1.29 is 23.8 Å². The number of fused-ring (bicyclic) bond motifs is 2. The van der Waals surface area contributed by atoms with E-state index in [1.807, 2.05) is 0 Å². The van der Waals surface area contributed by atoms with Crippen LogP contribution in [-0.4, -0.2) is 34.1 Å². The molecule has 1 saturated heterocycles. The van der Waals surface area contributed by atoms with Crippen molar-refractivity contribution in [2.45, 2.75) is 39.0 Å². The van der Waals surface area contributed by atoms with Gasteiger partial charge in [0.15, 0.2) is 11.5 Å². The number of hydrogen-bond donors (Lipinski definition) is 2. The Morgan fingerprint density at radius 2 is 2.20 bits per heavy atom. The van der Waals surface area contributed by atoms with E-state index in [0.717, 1.165) is 6.42 Å². The SMILES string of the molecule is C[C@]12CCCO[C@H]1Cn1cc(C(=O)NCc3ccc(F)c(Cl)c3)c(=O)c(O)c1C2=O. The molecule has 1 fully saturated rings. The number of carbonyl (C=O) groups excluding carboxylic acids is 2. The number of hydrogen-bond acceptors (Lipinski definition) is 5. The molecule has 2 N–H and O–H groups in total. The number of rotatable bonds is 3. The molecule has 1 amide bonds. The minimum atomic E-state index is -0.914. The van der Waals surface area contributed by atoms with E-state index in [2.05, 4.69) is 5.32 Å². The van der Waals surface area contributed by atoms with E-state index >= 15 is 0 Å². The Morgan fingerprint density at radius 3 is 2.93 bits per heavy atom. The molecule has 9 heteroatoms.